The molecule has 3 rings (SSSR count). The van der Waals surface area contributed by atoms with Crippen molar-refractivity contribution >= 4 is 6.03 Å². The number of urea groups is 1. The molecule has 0 saturated carbocycles. The molecule has 0 aromatic heterocycles. The molecule has 0 fully saturated rings. The quantitative estimate of drug-likeness (QED) is 0.564. The Labute approximate surface area is 182 Å². The minimum Gasteiger partial charge on any atom is -0.497 e. The molecule has 0 bridgehead atoms. The van der Waals surface area contributed by atoms with Crippen LogP contribution in [-0.4, -0.2) is 32.1 Å². The van der Waals surface area contributed by atoms with Gasteiger partial charge in [-0.05, 0) is 55.1 Å². The third kappa shape index (κ3) is 6.30. The van der Waals surface area contributed by atoms with Gasteiger partial charge in [0.2, 0.25) is 0 Å². The van der Waals surface area contributed by atoms with Crippen molar-refractivity contribution in [2.45, 2.75) is 19.1 Å². The van der Waals surface area contributed by atoms with E-state index in [1.807, 2.05) is 73.6 Å². The lowest BCUT2D eigenvalue weighted by molar-refractivity contribution is 0.238. The summed E-state index contributed by atoms with van der Waals surface area (Å²) in [4.78, 5) is 14.6. The predicted molar refractivity (Wildman–Crippen MR) is 120 cm³/mol. The summed E-state index contributed by atoms with van der Waals surface area (Å²) < 4.78 is 19.2. The van der Waals surface area contributed by atoms with Gasteiger partial charge in [0, 0.05) is 18.7 Å². The van der Waals surface area contributed by atoms with Crippen LogP contribution in [0.1, 0.15) is 28.3 Å². The molecule has 0 saturated heterocycles. The van der Waals surface area contributed by atoms with E-state index in [9.17, 15) is 9.18 Å². The number of ether oxygens (including phenoxy) is 1. The lowest BCUT2D eigenvalue weighted by atomic mass is 9.99. The number of hydrogen-bond donors (Lipinski definition) is 2. The normalized spacial score (nSPS) is 11.8. The van der Waals surface area contributed by atoms with Crippen molar-refractivity contribution in [3.8, 4) is 5.75 Å². The summed E-state index contributed by atoms with van der Waals surface area (Å²) in [7, 11) is 5.40. The van der Waals surface area contributed by atoms with Gasteiger partial charge in [0.15, 0.2) is 0 Å². The fourth-order valence-corrected chi connectivity index (χ4v) is 3.37. The molecule has 6 heteroatoms. The first-order valence-electron chi connectivity index (χ1n) is 10.1. The Morgan fingerprint density at radius 1 is 1.00 bits per heavy atom. The fraction of sp³-hybridized carbons (Fsp3) is 0.240. The summed E-state index contributed by atoms with van der Waals surface area (Å²) >= 11 is 0. The molecule has 3 aromatic rings. The van der Waals surface area contributed by atoms with Crippen molar-refractivity contribution in [2.75, 3.05) is 21.2 Å². The van der Waals surface area contributed by atoms with Crippen LogP contribution in [0.5, 0.6) is 5.75 Å². The maximum absolute atomic E-state index is 14.0. The van der Waals surface area contributed by atoms with Gasteiger partial charge >= 0.3 is 6.03 Å². The van der Waals surface area contributed by atoms with Crippen molar-refractivity contribution in [1.82, 2.24) is 15.5 Å². The van der Waals surface area contributed by atoms with Gasteiger partial charge in [-0.3, -0.25) is 0 Å². The highest BCUT2D eigenvalue weighted by atomic mass is 19.1. The maximum atomic E-state index is 14.0. The average Bonchev–Trinajstić information content (AvgIpc) is 2.78. The van der Waals surface area contributed by atoms with Gasteiger partial charge in [0.05, 0.1) is 13.2 Å². The Morgan fingerprint density at radius 3 is 2.32 bits per heavy atom. The first-order chi connectivity index (χ1) is 15.0. The average molecular weight is 422 g/mol. The van der Waals surface area contributed by atoms with E-state index in [0.717, 1.165) is 22.4 Å². The van der Waals surface area contributed by atoms with E-state index in [1.54, 1.807) is 19.2 Å². The number of halogens is 1. The summed E-state index contributed by atoms with van der Waals surface area (Å²) in [6.07, 6.45) is 0. The van der Waals surface area contributed by atoms with Gasteiger partial charge in [-0.1, -0.05) is 48.5 Å². The third-order valence-corrected chi connectivity index (χ3v) is 4.91. The highest BCUT2D eigenvalue weighted by Gasteiger charge is 2.17. The minimum absolute atomic E-state index is 0.245. The Balaban J connectivity index is 1.71. The van der Waals surface area contributed by atoms with E-state index in [2.05, 4.69) is 10.6 Å². The molecule has 1 atom stereocenters. The molecule has 0 aliphatic carbocycles. The number of rotatable bonds is 8. The zero-order chi connectivity index (χ0) is 22.2. The molecule has 1 unspecified atom stereocenters. The van der Waals surface area contributed by atoms with E-state index in [1.165, 1.54) is 6.07 Å². The second-order valence-electron chi connectivity index (χ2n) is 7.61. The van der Waals surface area contributed by atoms with Gasteiger partial charge < -0.3 is 20.3 Å². The van der Waals surface area contributed by atoms with E-state index in [4.69, 9.17) is 4.74 Å². The molecule has 0 spiro atoms. The van der Waals surface area contributed by atoms with Crippen LogP contribution in [0, 0.1) is 5.82 Å². The number of nitrogens with one attached hydrogen (secondary N) is 2. The molecule has 162 valence electrons. The van der Waals surface area contributed by atoms with Crippen LogP contribution in [0.3, 0.4) is 0 Å². The van der Waals surface area contributed by atoms with Gasteiger partial charge in [-0.15, -0.1) is 0 Å². The maximum Gasteiger partial charge on any atom is 0.315 e. The molecule has 0 radical (unpaired) electrons. The van der Waals surface area contributed by atoms with Gasteiger partial charge in [0.1, 0.15) is 11.6 Å². The highest BCUT2D eigenvalue weighted by Crippen LogP contribution is 2.24. The number of carbonyl (C=O) groups is 1. The first kappa shape index (κ1) is 22.3. The lowest BCUT2D eigenvalue weighted by Crippen LogP contribution is -2.38. The van der Waals surface area contributed by atoms with Crippen molar-refractivity contribution in [3.63, 3.8) is 0 Å². The zero-order valence-corrected chi connectivity index (χ0v) is 18.1. The zero-order valence-electron chi connectivity index (χ0n) is 18.1. The van der Waals surface area contributed by atoms with Crippen LogP contribution in [0.15, 0.2) is 72.8 Å². The number of nitrogens with zero attached hydrogens (tertiary/aromatic N) is 1. The van der Waals surface area contributed by atoms with E-state index >= 15 is 0 Å². The van der Waals surface area contributed by atoms with Crippen LogP contribution >= 0.6 is 0 Å². The van der Waals surface area contributed by atoms with Crippen LogP contribution in [-0.2, 0) is 13.1 Å². The molecule has 5 nitrogen and oxygen atoms in total. The summed E-state index contributed by atoms with van der Waals surface area (Å²) in [5.41, 5.74) is 3.36. The Hall–Kier alpha value is -3.38. The van der Waals surface area contributed by atoms with Gasteiger partial charge in [-0.25, -0.2) is 9.18 Å². The molecule has 0 aliphatic rings. The molecule has 31 heavy (non-hydrogen) atoms. The second-order valence-corrected chi connectivity index (χ2v) is 7.61. The largest absolute Gasteiger partial charge is 0.497 e. The van der Waals surface area contributed by atoms with Crippen LogP contribution in [0.4, 0.5) is 9.18 Å². The molecule has 2 N–H and O–H groups in total. The van der Waals surface area contributed by atoms with E-state index in [0.29, 0.717) is 18.7 Å². The smallest absolute Gasteiger partial charge is 0.315 e. The van der Waals surface area contributed by atoms with Gasteiger partial charge in [-0.2, -0.15) is 0 Å². The van der Waals surface area contributed by atoms with Crippen LogP contribution in [0.25, 0.3) is 0 Å². The van der Waals surface area contributed by atoms with Crippen LogP contribution in [0.2, 0.25) is 0 Å². The monoisotopic (exact) mass is 421 g/mol. The molecule has 3 aromatic carbocycles. The standard InChI is InChI=1S/C25H28FN3O2/c1-29(2)17-21-15-18(9-14-23(21)26)16-27-25(30)28-24(19-7-5-4-6-8-19)20-10-12-22(31-3)13-11-20/h4-15,24H,16-17H2,1-3H3,(H2,27,28,30). The van der Waals surface area contributed by atoms with Crippen molar-refractivity contribution < 1.29 is 13.9 Å². The number of methoxy groups -OCH3 is 1. The lowest BCUT2D eigenvalue weighted by Gasteiger charge is -2.21. The summed E-state index contributed by atoms with van der Waals surface area (Å²) in [6, 6.07) is 21.7. The van der Waals surface area contributed by atoms with E-state index < -0.39 is 0 Å². The molecular formula is C25H28FN3O2. The van der Waals surface area contributed by atoms with Crippen molar-refractivity contribution in [3.05, 3.63) is 101 Å². The van der Waals surface area contributed by atoms with E-state index in [-0.39, 0.29) is 17.9 Å². The highest BCUT2D eigenvalue weighted by molar-refractivity contribution is 5.75. The number of hydrogen-bond acceptors (Lipinski definition) is 3. The Morgan fingerprint density at radius 2 is 1.68 bits per heavy atom. The van der Waals surface area contributed by atoms with Crippen LogP contribution < -0.4 is 15.4 Å². The summed E-state index contributed by atoms with van der Waals surface area (Å²) in [5.74, 6) is 0.510. The number of amides is 2. The molecule has 2 amide bonds. The second kappa shape index (κ2) is 10.6. The van der Waals surface area contributed by atoms with Gasteiger partial charge in [0.25, 0.3) is 0 Å². The predicted octanol–water partition coefficient (Wildman–Crippen LogP) is 4.48. The first-order valence-corrected chi connectivity index (χ1v) is 10.1. The third-order valence-electron chi connectivity index (χ3n) is 4.91. The molecular weight excluding hydrogens is 393 g/mol. The Kier molecular flexibility index (Phi) is 7.62. The van der Waals surface area contributed by atoms with Crippen molar-refractivity contribution in [1.29, 1.82) is 0 Å². The topological polar surface area (TPSA) is 53.6 Å². The SMILES string of the molecule is COc1ccc(C(NC(=O)NCc2ccc(F)c(CN(C)C)c2)c2ccccc2)cc1. The summed E-state index contributed by atoms with van der Waals surface area (Å²) in [5, 5.41) is 5.92. The minimum atomic E-state index is -0.315. The summed E-state index contributed by atoms with van der Waals surface area (Å²) in [6.45, 7) is 0.802. The number of carbonyl (C=O) groups excluding carboxylic acids is 1. The molecule has 0 aliphatic heterocycles. The van der Waals surface area contributed by atoms with Crippen molar-refractivity contribution in [2.24, 2.45) is 0 Å². The fourth-order valence-electron chi connectivity index (χ4n) is 3.37. The Bertz CT molecular complexity index is 991. The number of benzene rings is 3. The molecule has 0 heterocycles.